The first-order valence-corrected chi connectivity index (χ1v) is 9.17. The second-order valence-corrected chi connectivity index (χ2v) is 7.54. The number of hydrogen-bond acceptors (Lipinski definition) is 4. The van der Waals surface area contributed by atoms with E-state index in [0.29, 0.717) is 13.0 Å². The Labute approximate surface area is 122 Å². The molecule has 0 atom stereocenters. The average molecular weight is 301 g/mol. The number of likely N-dealkylation sites (N-methyl/N-ethyl adjacent to an activating group) is 1. The summed E-state index contributed by atoms with van der Waals surface area (Å²) in [6.45, 7) is 10.5. The van der Waals surface area contributed by atoms with Crippen molar-refractivity contribution >= 4 is 9.84 Å². The molecule has 0 fully saturated rings. The van der Waals surface area contributed by atoms with Gasteiger partial charge >= 0.3 is 0 Å². The molecule has 0 bridgehead atoms. The first-order valence-electron chi connectivity index (χ1n) is 7.35. The lowest BCUT2D eigenvalue weighted by Gasteiger charge is -2.06. The standard InChI is InChI=1S/C14H27N3O2S/c1-5-15-9-8-14-12(3)16-17(13(14)4)10-7-11-20(18,19)6-2/h15H,5-11H2,1-4H3. The molecule has 0 saturated carbocycles. The summed E-state index contributed by atoms with van der Waals surface area (Å²) in [5.41, 5.74) is 3.50. The van der Waals surface area contributed by atoms with Crippen LogP contribution in [0.3, 0.4) is 0 Å². The van der Waals surface area contributed by atoms with Crippen molar-refractivity contribution in [2.75, 3.05) is 24.6 Å². The molecule has 1 rings (SSSR count). The van der Waals surface area contributed by atoms with Crippen LogP contribution in [0, 0.1) is 13.8 Å². The Morgan fingerprint density at radius 2 is 1.95 bits per heavy atom. The maximum Gasteiger partial charge on any atom is 0.150 e. The van der Waals surface area contributed by atoms with Gasteiger partial charge in [-0.25, -0.2) is 8.42 Å². The first kappa shape index (κ1) is 17.2. The molecule has 0 spiro atoms. The lowest BCUT2D eigenvalue weighted by atomic mass is 10.1. The van der Waals surface area contributed by atoms with Gasteiger partial charge in [-0.1, -0.05) is 13.8 Å². The molecule has 1 N–H and O–H groups in total. The number of sulfone groups is 1. The van der Waals surface area contributed by atoms with E-state index in [1.54, 1.807) is 6.92 Å². The molecular formula is C14H27N3O2S. The van der Waals surface area contributed by atoms with Gasteiger partial charge in [0.15, 0.2) is 0 Å². The molecule has 1 aromatic heterocycles. The molecule has 1 heterocycles. The minimum atomic E-state index is -2.87. The molecule has 116 valence electrons. The fourth-order valence-corrected chi connectivity index (χ4v) is 3.14. The Hall–Kier alpha value is -0.880. The topological polar surface area (TPSA) is 64.0 Å². The van der Waals surface area contributed by atoms with E-state index in [2.05, 4.69) is 24.3 Å². The summed E-state index contributed by atoms with van der Waals surface area (Å²) in [7, 11) is -2.87. The zero-order valence-corrected chi connectivity index (χ0v) is 13.9. The highest BCUT2D eigenvalue weighted by molar-refractivity contribution is 7.91. The van der Waals surface area contributed by atoms with E-state index in [-0.39, 0.29) is 11.5 Å². The molecule has 0 aliphatic carbocycles. The second kappa shape index (κ2) is 7.78. The van der Waals surface area contributed by atoms with Crippen molar-refractivity contribution in [1.29, 1.82) is 0 Å². The van der Waals surface area contributed by atoms with Crippen LogP contribution in [0.5, 0.6) is 0 Å². The summed E-state index contributed by atoms with van der Waals surface area (Å²) >= 11 is 0. The van der Waals surface area contributed by atoms with E-state index in [0.717, 1.165) is 30.9 Å². The van der Waals surface area contributed by atoms with Crippen molar-refractivity contribution in [1.82, 2.24) is 15.1 Å². The highest BCUT2D eigenvalue weighted by Crippen LogP contribution is 2.14. The van der Waals surface area contributed by atoms with E-state index in [1.807, 2.05) is 11.6 Å². The third kappa shape index (κ3) is 4.90. The van der Waals surface area contributed by atoms with Crippen LogP contribution in [0.4, 0.5) is 0 Å². The monoisotopic (exact) mass is 301 g/mol. The van der Waals surface area contributed by atoms with Crippen LogP contribution >= 0.6 is 0 Å². The predicted octanol–water partition coefficient (Wildman–Crippen LogP) is 1.48. The molecular weight excluding hydrogens is 274 g/mol. The third-order valence-corrected chi connectivity index (χ3v) is 5.39. The number of nitrogens with one attached hydrogen (secondary N) is 1. The fourth-order valence-electron chi connectivity index (χ4n) is 2.28. The maximum atomic E-state index is 11.5. The van der Waals surface area contributed by atoms with Crippen molar-refractivity contribution in [2.45, 2.75) is 47.1 Å². The van der Waals surface area contributed by atoms with Gasteiger partial charge < -0.3 is 5.32 Å². The van der Waals surface area contributed by atoms with E-state index in [1.165, 1.54) is 5.56 Å². The largest absolute Gasteiger partial charge is 0.317 e. The lowest BCUT2D eigenvalue weighted by molar-refractivity contribution is 0.564. The van der Waals surface area contributed by atoms with Gasteiger partial charge in [-0.2, -0.15) is 5.10 Å². The Morgan fingerprint density at radius 1 is 1.25 bits per heavy atom. The Morgan fingerprint density at radius 3 is 2.55 bits per heavy atom. The van der Waals surface area contributed by atoms with Gasteiger partial charge in [0, 0.05) is 18.0 Å². The third-order valence-electron chi connectivity index (χ3n) is 3.60. The molecule has 5 nitrogen and oxygen atoms in total. The normalized spacial score (nSPS) is 12.0. The molecule has 0 aliphatic rings. The van der Waals surface area contributed by atoms with Crippen molar-refractivity contribution in [3.8, 4) is 0 Å². The summed E-state index contributed by atoms with van der Waals surface area (Å²) in [5.74, 6) is 0.465. The maximum absolute atomic E-state index is 11.5. The van der Waals surface area contributed by atoms with E-state index in [9.17, 15) is 8.42 Å². The molecule has 1 aromatic rings. The Kier molecular flexibility index (Phi) is 6.68. The van der Waals surface area contributed by atoms with Gasteiger partial charge in [0.25, 0.3) is 0 Å². The summed E-state index contributed by atoms with van der Waals surface area (Å²) in [6, 6.07) is 0. The first-order chi connectivity index (χ1) is 9.41. The second-order valence-electron chi connectivity index (χ2n) is 5.07. The van der Waals surface area contributed by atoms with E-state index < -0.39 is 9.84 Å². The summed E-state index contributed by atoms with van der Waals surface area (Å²) in [6.07, 6.45) is 1.60. The van der Waals surface area contributed by atoms with Crippen LogP contribution in [0.2, 0.25) is 0 Å². The van der Waals surface area contributed by atoms with Crippen LogP contribution in [0.1, 0.15) is 37.2 Å². The highest BCUT2D eigenvalue weighted by Gasteiger charge is 2.12. The number of rotatable bonds is 9. The summed E-state index contributed by atoms with van der Waals surface area (Å²) in [5, 5.41) is 7.84. The fraction of sp³-hybridized carbons (Fsp3) is 0.786. The quantitative estimate of drug-likeness (QED) is 0.702. The summed E-state index contributed by atoms with van der Waals surface area (Å²) in [4.78, 5) is 0. The number of nitrogens with zero attached hydrogens (tertiary/aromatic N) is 2. The van der Waals surface area contributed by atoms with E-state index in [4.69, 9.17) is 0 Å². The van der Waals surface area contributed by atoms with Crippen molar-refractivity contribution < 1.29 is 8.42 Å². The van der Waals surface area contributed by atoms with Crippen LogP contribution in [-0.2, 0) is 22.8 Å². The molecule has 0 aliphatic heterocycles. The molecule has 0 aromatic carbocycles. The van der Waals surface area contributed by atoms with Crippen LogP contribution < -0.4 is 5.32 Å². The van der Waals surface area contributed by atoms with Gasteiger partial charge in [-0.3, -0.25) is 4.68 Å². The molecule has 0 saturated heterocycles. The Bertz CT molecular complexity index is 521. The molecule has 0 unspecified atom stereocenters. The van der Waals surface area contributed by atoms with Crippen LogP contribution in [0.25, 0.3) is 0 Å². The lowest BCUT2D eigenvalue weighted by Crippen LogP contribution is -2.16. The Balaban J connectivity index is 2.61. The van der Waals surface area contributed by atoms with Gasteiger partial charge in [-0.15, -0.1) is 0 Å². The van der Waals surface area contributed by atoms with Gasteiger partial charge in [0.05, 0.1) is 11.4 Å². The molecule has 6 heteroatoms. The number of aromatic nitrogens is 2. The van der Waals surface area contributed by atoms with Crippen LogP contribution in [0.15, 0.2) is 0 Å². The molecule has 0 radical (unpaired) electrons. The van der Waals surface area contributed by atoms with Gasteiger partial charge in [-0.05, 0) is 45.3 Å². The minimum absolute atomic E-state index is 0.220. The SMILES string of the molecule is CCNCCc1c(C)nn(CCCS(=O)(=O)CC)c1C. The van der Waals surface area contributed by atoms with Crippen LogP contribution in [-0.4, -0.2) is 42.8 Å². The predicted molar refractivity (Wildman–Crippen MR) is 82.9 cm³/mol. The highest BCUT2D eigenvalue weighted by atomic mass is 32.2. The number of hydrogen-bond donors (Lipinski definition) is 1. The summed E-state index contributed by atoms with van der Waals surface area (Å²) < 4.78 is 24.9. The zero-order chi connectivity index (χ0) is 15.2. The van der Waals surface area contributed by atoms with Crippen molar-refractivity contribution in [3.05, 3.63) is 17.0 Å². The van der Waals surface area contributed by atoms with E-state index >= 15 is 0 Å². The smallest absolute Gasteiger partial charge is 0.150 e. The van der Waals surface area contributed by atoms with Gasteiger partial charge in [0.2, 0.25) is 0 Å². The molecule has 20 heavy (non-hydrogen) atoms. The number of aryl methyl sites for hydroxylation is 2. The molecule has 0 amide bonds. The van der Waals surface area contributed by atoms with Crippen molar-refractivity contribution in [2.24, 2.45) is 0 Å². The average Bonchev–Trinajstić information content (AvgIpc) is 2.66. The van der Waals surface area contributed by atoms with Gasteiger partial charge in [0.1, 0.15) is 9.84 Å². The minimum Gasteiger partial charge on any atom is -0.317 e. The zero-order valence-electron chi connectivity index (χ0n) is 13.1. The van der Waals surface area contributed by atoms with Crippen molar-refractivity contribution in [3.63, 3.8) is 0 Å².